The van der Waals surface area contributed by atoms with Gasteiger partial charge >= 0.3 is 0 Å². The number of aryl methyl sites for hydroxylation is 1. The summed E-state index contributed by atoms with van der Waals surface area (Å²) in [4.78, 5) is 16.9. The molecule has 0 aromatic carbocycles. The van der Waals surface area contributed by atoms with Crippen LogP contribution in [0.1, 0.15) is 36.5 Å². The predicted molar refractivity (Wildman–Crippen MR) is 104 cm³/mol. The van der Waals surface area contributed by atoms with Gasteiger partial charge in [-0.3, -0.25) is 14.6 Å². The number of rotatable bonds is 5. The summed E-state index contributed by atoms with van der Waals surface area (Å²) in [7, 11) is 0. The van der Waals surface area contributed by atoms with Crippen LogP contribution in [0.25, 0.3) is 0 Å². The Balaban J connectivity index is 1.50. The van der Waals surface area contributed by atoms with Crippen molar-refractivity contribution in [3.8, 4) is 0 Å². The third-order valence-corrected chi connectivity index (χ3v) is 5.48. The number of hydrogen-bond acceptors (Lipinski definition) is 7. The summed E-state index contributed by atoms with van der Waals surface area (Å²) in [6.07, 6.45) is 0. The highest BCUT2D eigenvalue weighted by molar-refractivity contribution is 7.11. The van der Waals surface area contributed by atoms with Crippen LogP contribution in [0.3, 0.4) is 0 Å². The quantitative estimate of drug-likeness (QED) is 0.788. The monoisotopic (exact) mass is 376 g/mol. The fraction of sp³-hybridized carbons (Fsp3) is 0.667. The Hall–Kier alpha value is -1.64. The molecular weight excluding hydrogens is 348 g/mol. The molecule has 0 radical (unpaired) electrons. The molecule has 26 heavy (non-hydrogen) atoms. The summed E-state index contributed by atoms with van der Waals surface area (Å²) in [6.45, 7) is 14.7. The van der Waals surface area contributed by atoms with Gasteiger partial charge in [0.15, 0.2) is 0 Å². The van der Waals surface area contributed by atoms with Crippen molar-refractivity contribution in [2.24, 2.45) is 0 Å². The third-order valence-electron chi connectivity index (χ3n) is 4.65. The normalized spacial score (nSPS) is 16.9. The number of nitrogens with zero attached hydrogens (tertiary/aromatic N) is 6. The van der Waals surface area contributed by atoms with Crippen molar-refractivity contribution >= 4 is 11.3 Å². The topological polar surface area (TPSA) is 67.2 Å². The SMILES string of the molecule is Cc1nnc(CN2CCN(CCn3nc(C(C)(C)C)ccc3=O)CC2)s1. The lowest BCUT2D eigenvalue weighted by atomic mass is 9.92. The first-order valence-corrected chi connectivity index (χ1v) is 9.95. The van der Waals surface area contributed by atoms with E-state index >= 15 is 0 Å². The van der Waals surface area contributed by atoms with Gasteiger partial charge in [0.05, 0.1) is 18.8 Å². The molecule has 1 aliphatic heterocycles. The molecule has 1 aliphatic rings. The molecule has 0 spiro atoms. The summed E-state index contributed by atoms with van der Waals surface area (Å²) in [5.74, 6) is 0. The fourth-order valence-electron chi connectivity index (χ4n) is 3.01. The molecule has 1 fully saturated rings. The number of hydrogen-bond donors (Lipinski definition) is 0. The first-order chi connectivity index (χ1) is 12.3. The Kier molecular flexibility index (Phi) is 5.84. The summed E-state index contributed by atoms with van der Waals surface area (Å²) >= 11 is 1.67. The molecule has 2 aromatic heterocycles. The van der Waals surface area contributed by atoms with Crippen molar-refractivity contribution < 1.29 is 0 Å². The highest BCUT2D eigenvalue weighted by atomic mass is 32.1. The molecule has 7 nitrogen and oxygen atoms in total. The van der Waals surface area contributed by atoms with Crippen LogP contribution in [-0.2, 0) is 18.5 Å². The van der Waals surface area contributed by atoms with Gasteiger partial charge in [-0.15, -0.1) is 21.5 Å². The van der Waals surface area contributed by atoms with Crippen molar-refractivity contribution in [3.05, 3.63) is 38.2 Å². The zero-order valence-electron chi connectivity index (χ0n) is 16.1. The maximum Gasteiger partial charge on any atom is 0.266 e. The van der Waals surface area contributed by atoms with Gasteiger partial charge in [-0.05, 0) is 13.0 Å². The van der Waals surface area contributed by atoms with Crippen molar-refractivity contribution in [3.63, 3.8) is 0 Å². The average molecular weight is 377 g/mol. The maximum atomic E-state index is 12.1. The zero-order chi connectivity index (χ0) is 18.7. The van der Waals surface area contributed by atoms with Crippen LogP contribution in [0.5, 0.6) is 0 Å². The van der Waals surface area contributed by atoms with Crippen molar-refractivity contribution in [2.75, 3.05) is 32.7 Å². The second-order valence-electron chi connectivity index (χ2n) is 7.86. The van der Waals surface area contributed by atoms with E-state index in [-0.39, 0.29) is 11.0 Å². The smallest absolute Gasteiger partial charge is 0.266 e. The third kappa shape index (κ3) is 4.96. The lowest BCUT2D eigenvalue weighted by molar-refractivity contribution is 0.122. The van der Waals surface area contributed by atoms with E-state index in [1.54, 1.807) is 22.1 Å². The molecule has 3 rings (SSSR count). The van der Waals surface area contributed by atoms with E-state index in [0.717, 1.165) is 55.0 Å². The van der Waals surface area contributed by atoms with E-state index in [2.05, 4.69) is 45.9 Å². The van der Waals surface area contributed by atoms with Gasteiger partial charge in [-0.1, -0.05) is 20.8 Å². The predicted octanol–water partition coefficient (Wildman–Crippen LogP) is 1.52. The maximum absolute atomic E-state index is 12.1. The molecule has 2 aromatic rings. The van der Waals surface area contributed by atoms with Gasteiger partial charge in [0.1, 0.15) is 10.0 Å². The fourth-order valence-corrected chi connectivity index (χ4v) is 3.76. The summed E-state index contributed by atoms with van der Waals surface area (Å²) in [5, 5.41) is 15.0. The Morgan fingerprint density at radius 1 is 1.04 bits per heavy atom. The largest absolute Gasteiger partial charge is 0.299 e. The van der Waals surface area contributed by atoms with E-state index < -0.39 is 0 Å². The van der Waals surface area contributed by atoms with Crippen LogP contribution in [0.2, 0.25) is 0 Å². The van der Waals surface area contributed by atoms with Crippen molar-refractivity contribution in [2.45, 2.75) is 46.2 Å². The first-order valence-electron chi connectivity index (χ1n) is 9.13. The number of piperazine rings is 1. The van der Waals surface area contributed by atoms with Gasteiger partial charge in [0.25, 0.3) is 5.56 Å². The second-order valence-corrected chi connectivity index (χ2v) is 9.13. The van der Waals surface area contributed by atoms with E-state index in [1.165, 1.54) is 0 Å². The highest BCUT2D eigenvalue weighted by Crippen LogP contribution is 2.18. The van der Waals surface area contributed by atoms with E-state index in [0.29, 0.717) is 6.54 Å². The van der Waals surface area contributed by atoms with Crippen LogP contribution >= 0.6 is 11.3 Å². The Bertz CT molecular complexity index is 785. The van der Waals surface area contributed by atoms with Crippen molar-refractivity contribution in [1.29, 1.82) is 0 Å². The van der Waals surface area contributed by atoms with Gasteiger partial charge in [-0.25, -0.2) is 4.68 Å². The van der Waals surface area contributed by atoms with Gasteiger partial charge in [0, 0.05) is 44.2 Å². The first kappa shape index (κ1) is 19.1. The molecule has 142 valence electrons. The summed E-state index contributed by atoms with van der Waals surface area (Å²) in [5.41, 5.74) is 0.877. The number of aromatic nitrogens is 4. The second kappa shape index (κ2) is 7.94. The van der Waals surface area contributed by atoms with Crippen LogP contribution in [0, 0.1) is 6.92 Å². The molecule has 0 amide bonds. The molecule has 0 saturated carbocycles. The minimum Gasteiger partial charge on any atom is -0.299 e. The van der Waals surface area contributed by atoms with E-state index in [4.69, 9.17) is 0 Å². The van der Waals surface area contributed by atoms with Gasteiger partial charge < -0.3 is 0 Å². The van der Waals surface area contributed by atoms with Crippen LogP contribution < -0.4 is 5.56 Å². The van der Waals surface area contributed by atoms with Crippen molar-refractivity contribution in [1.82, 2.24) is 29.8 Å². The Morgan fingerprint density at radius 3 is 2.35 bits per heavy atom. The zero-order valence-corrected chi connectivity index (χ0v) is 16.9. The van der Waals surface area contributed by atoms with Gasteiger partial charge in [0.2, 0.25) is 0 Å². The molecular formula is C18H28N6OS. The molecule has 3 heterocycles. The summed E-state index contributed by atoms with van der Waals surface area (Å²) in [6, 6.07) is 3.47. The van der Waals surface area contributed by atoms with Crippen LogP contribution in [0.4, 0.5) is 0 Å². The Morgan fingerprint density at radius 2 is 1.73 bits per heavy atom. The molecule has 0 bridgehead atoms. The molecule has 1 saturated heterocycles. The molecule has 0 aliphatic carbocycles. The molecule has 8 heteroatoms. The summed E-state index contributed by atoms with van der Waals surface area (Å²) < 4.78 is 1.61. The van der Waals surface area contributed by atoms with Gasteiger partial charge in [-0.2, -0.15) is 5.10 Å². The lowest BCUT2D eigenvalue weighted by Gasteiger charge is -2.34. The highest BCUT2D eigenvalue weighted by Gasteiger charge is 2.19. The van der Waals surface area contributed by atoms with Crippen LogP contribution in [0.15, 0.2) is 16.9 Å². The molecule has 0 atom stereocenters. The molecule has 0 N–H and O–H groups in total. The average Bonchev–Trinajstić information content (AvgIpc) is 2.99. The molecule has 0 unspecified atom stereocenters. The minimum atomic E-state index is -0.0515. The lowest BCUT2D eigenvalue weighted by Crippen LogP contribution is -2.47. The Labute approximate surface area is 158 Å². The standard InChI is InChI=1S/C18H28N6OS/c1-14-19-20-16(26-14)13-23-9-7-22(8-10-23)11-12-24-17(25)6-5-15(21-24)18(2,3)4/h5-6H,7-13H2,1-4H3. The van der Waals surface area contributed by atoms with Crippen LogP contribution in [-0.4, -0.2) is 62.5 Å². The van der Waals surface area contributed by atoms with E-state index in [1.807, 2.05) is 13.0 Å². The minimum absolute atomic E-state index is 0.0247. The van der Waals surface area contributed by atoms with E-state index in [9.17, 15) is 4.79 Å².